The Labute approximate surface area is 54.4 Å². The second-order valence-electron chi connectivity index (χ2n) is 2.27. The van der Waals surface area contributed by atoms with Crippen LogP contribution < -0.4 is 0 Å². The lowest BCUT2D eigenvalue weighted by atomic mass is 10.1. The fraction of sp³-hybridized carbons (Fsp3) is 0.250. The summed E-state index contributed by atoms with van der Waals surface area (Å²) in [7, 11) is 0. The summed E-state index contributed by atoms with van der Waals surface area (Å²) >= 11 is 0. The quantitative estimate of drug-likeness (QED) is 0.496. The summed E-state index contributed by atoms with van der Waals surface area (Å²) < 4.78 is 0. The molecule has 1 aromatic rings. The van der Waals surface area contributed by atoms with Gasteiger partial charge in [-0.1, -0.05) is 12.2 Å². The van der Waals surface area contributed by atoms with Crippen LogP contribution in [0.3, 0.4) is 0 Å². The second kappa shape index (κ2) is 1.76. The Kier molecular flexibility index (Phi) is 0.950. The third kappa shape index (κ3) is 0.689. The molecule has 0 unspecified atom stereocenters. The first kappa shape index (κ1) is 4.86. The standard InChI is InChI=1S/C8H8N/c1-2-4-8-7(3-1)5-6-9-8/h1-2,6,9H,3-4H2. The van der Waals surface area contributed by atoms with E-state index >= 15 is 0 Å². The predicted molar refractivity (Wildman–Crippen MR) is 36.2 cm³/mol. The number of rotatable bonds is 0. The molecule has 1 aliphatic rings. The number of hydrogen-bond donors (Lipinski definition) is 1. The number of fused-ring (bicyclic) bond motifs is 1. The smallest absolute Gasteiger partial charge is 0.0227 e. The van der Waals surface area contributed by atoms with Gasteiger partial charge in [-0.15, -0.1) is 0 Å². The molecule has 0 fully saturated rings. The molecule has 0 aliphatic heterocycles. The topological polar surface area (TPSA) is 15.8 Å². The van der Waals surface area contributed by atoms with Gasteiger partial charge in [0.05, 0.1) is 0 Å². The maximum Gasteiger partial charge on any atom is 0.0227 e. The van der Waals surface area contributed by atoms with Crippen LogP contribution in [0, 0.1) is 6.07 Å². The predicted octanol–water partition coefficient (Wildman–Crippen LogP) is 1.47. The van der Waals surface area contributed by atoms with Crippen molar-refractivity contribution in [3.8, 4) is 0 Å². The van der Waals surface area contributed by atoms with Crippen LogP contribution in [0.2, 0.25) is 0 Å². The van der Waals surface area contributed by atoms with Gasteiger partial charge in [0.1, 0.15) is 0 Å². The van der Waals surface area contributed by atoms with E-state index in [9.17, 15) is 0 Å². The number of nitrogens with one attached hydrogen (secondary N) is 1. The van der Waals surface area contributed by atoms with Gasteiger partial charge >= 0.3 is 0 Å². The summed E-state index contributed by atoms with van der Waals surface area (Å²) in [5, 5.41) is 0. The van der Waals surface area contributed by atoms with Gasteiger partial charge in [-0.2, -0.15) is 0 Å². The fourth-order valence-electron chi connectivity index (χ4n) is 1.15. The van der Waals surface area contributed by atoms with E-state index in [2.05, 4.69) is 23.2 Å². The van der Waals surface area contributed by atoms with Crippen LogP contribution in [0.5, 0.6) is 0 Å². The van der Waals surface area contributed by atoms with E-state index in [4.69, 9.17) is 0 Å². The lowest BCUT2D eigenvalue weighted by molar-refractivity contribution is 1.05. The van der Waals surface area contributed by atoms with Gasteiger partial charge in [0, 0.05) is 24.4 Å². The molecule has 2 rings (SSSR count). The van der Waals surface area contributed by atoms with Crippen LogP contribution in [0.15, 0.2) is 18.3 Å². The second-order valence-corrected chi connectivity index (χ2v) is 2.27. The first-order valence-corrected chi connectivity index (χ1v) is 3.18. The Balaban J connectivity index is 2.46. The van der Waals surface area contributed by atoms with Crippen molar-refractivity contribution in [2.45, 2.75) is 12.8 Å². The van der Waals surface area contributed by atoms with Crippen molar-refractivity contribution in [3.63, 3.8) is 0 Å². The van der Waals surface area contributed by atoms with Crippen LogP contribution in [0.4, 0.5) is 0 Å². The Bertz CT molecular complexity index is 210. The molecule has 1 nitrogen and oxygen atoms in total. The van der Waals surface area contributed by atoms with Crippen LogP contribution in [-0.4, -0.2) is 4.98 Å². The number of H-pyrrole nitrogens is 1. The molecule has 1 aromatic heterocycles. The molecule has 0 aromatic carbocycles. The van der Waals surface area contributed by atoms with E-state index in [0.29, 0.717) is 0 Å². The average Bonchev–Trinajstić information content (AvgIpc) is 2.33. The largest absolute Gasteiger partial charge is 0.364 e. The average molecular weight is 118 g/mol. The van der Waals surface area contributed by atoms with Crippen LogP contribution in [0.25, 0.3) is 0 Å². The van der Waals surface area contributed by atoms with Gasteiger partial charge in [-0.05, 0) is 12.0 Å². The van der Waals surface area contributed by atoms with Gasteiger partial charge in [0.2, 0.25) is 0 Å². The van der Waals surface area contributed by atoms with Crippen molar-refractivity contribution in [2.75, 3.05) is 0 Å². The molecule has 1 N–H and O–H groups in total. The third-order valence-electron chi connectivity index (χ3n) is 1.67. The van der Waals surface area contributed by atoms with Crippen molar-refractivity contribution in [2.24, 2.45) is 0 Å². The molecule has 1 heterocycles. The molecule has 0 saturated heterocycles. The number of aromatic nitrogens is 1. The van der Waals surface area contributed by atoms with E-state index in [0.717, 1.165) is 12.8 Å². The highest BCUT2D eigenvalue weighted by Gasteiger charge is 2.03. The van der Waals surface area contributed by atoms with Crippen molar-refractivity contribution in [1.29, 1.82) is 0 Å². The minimum absolute atomic E-state index is 1.05. The van der Waals surface area contributed by atoms with Crippen molar-refractivity contribution in [1.82, 2.24) is 4.98 Å². The molecular formula is C8H8N. The molecule has 0 spiro atoms. The third-order valence-corrected chi connectivity index (χ3v) is 1.67. The van der Waals surface area contributed by atoms with E-state index in [1.807, 2.05) is 6.20 Å². The molecule has 1 aliphatic carbocycles. The Morgan fingerprint density at radius 3 is 3.11 bits per heavy atom. The Hall–Kier alpha value is -0.980. The van der Waals surface area contributed by atoms with Crippen molar-refractivity contribution < 1.29 is 0 Å². The van der Waals surface area contributed by atoms with Gasteiger partial charge in [0.15, 0.2) is 0 Å². The zero-order valence-electron chi connectivity index (χ0n) is 5.15. The lowest BCUT2D eigenvalue weighted by Gasteiger charge is -2.01. The normalized spacial score (nSPS) is 15.6. The first-order chi connectivity index (χ1) is 4.47. The summed E-state index contributed by atoms with van der Waals surface area (Å²) in [5.74, 6) is 0. The molecule has 9 heavy (non-hydrogen) atoms. The highest BCUT2D eigenvalue weighted by atomic mass is 14.7. The van der Waals surface area contributed by atoms with Gasteiger partial charge in [-0.3, -0.25) is 0 Å². The van der Waals surface area contributed by atoms with E-state index in [1.165, 1.54) is 11.3 Å². The van der Waals surface area contributed by atoms with E-state index < -0.39 is 0 Å². The number of hydrogen-bond acceptors (Lipinski definition) is 0. The molecule has 0 saturated carbocycles. The zero-order chi connectivity index (χ0) is 6.10. The lowest BCUT2D eigenvalue weighted by Crippen LogP contribution is -1.93. The number of allylic oxidation sites excluding steroid dienone is 2. The van der Waals surface area contributed by atoms with E-state index in [1.54, 1.807) is 0 Å². The molecule has 1 radical (unpaired) electrons. The fourth-order valence-corrected chi connectivity index (χ4v) is 1.15. The minimum atomic E-state index is 1.05. The van der Waals surface area contributed by atoms with Gasteiger partial charge < -0.3 is 4.98 Å². The SMILES string of the molecule is [c]1c[nH]c2c1CC=CC2. The summed E-state index contributed by atoms with van der Waals surface area (Å²) in [6.45, 7) is 0. The van der Waals surface area contributed by atoms with Crippen molar-refractivity contribution >= 4 is 0 Å². The summed E-state index contributed by atoms with van der Waals surface area (Å²) in [5.41, 5.74) is 2.66. The Morgan fingerprint density at radius 1 is 1.33 bits per heavy atom. The molecule has 0 amide bonds. The highest BCUT2D eigenvalue weighted by molar-refractivity contribution is 5.27. The minimum Gasteiger partial charge on any atom is -0.364 e. The molecule has 0 atom stereocenters. The van der Waals surface area contributed by atoms with Gasteiger partial charge in [-0.25, -0.2) is 0 Å². The maximum atomic E-state index is 3.15. The number of aromatic amines is 1. The molecular weight excluding hydrogens is 110 g/mol. The van der Waals surface area contributed by atoms with Crippen LogP contribution >= 0.6 is 0 Å². The molecule has 1 heteroatoms. The van der Waals surface area contributed by atoms with Crippen LogP contribution in [-0.2, 0) is 12.8 Å². The maximum absolute atomic E-state index is 3.15. The van der Waals surface area contributed by atoms with Gasteiger partial charge in [0.25, 0.3) is 0 Å². The summed E-state index contributed by atoms with van der Waals surface area (Å²) in [6, 6.07) is 3.15. The van der Waals surface area contributed by atoms with Crippen LogP contribution in [0.1, 0.15) is 11.3 Å². The summed E-state index contributed by atoms with van der Waals surface area (Å²) in [4.78, 5) is 3.15. The first-order valence-electron chi connectivity index (χ1n) is 3.18. The highest BCUT2D eigenvalue weighted by Crippen LogP contribution is 2.12. The monoisotopic (exact) mass is 118 g/mol. The molecule has 0 bridgehead atoms. The summed E-state index contributed by atoms with van der Waals surface area (Å²) in [6.07, 6.45) is 8.37. The van der Waals surface area contributed by atoms with Crippen molar-refractivity contribution in [3.05, 3.63) is 35.7 Å². The zero-order valence-corrected chi connectivity index (χ0v) is 5.15. The van der Waals surface area contributed by atoms with E-state index in [-0.39, 0.29) is 0 Å². The Morgan fingerprint density at radius 2 is 2.22 bits per heavy atom. The molecule has 45 valence electrons.